The predicted octanol–water partition coefficient (Wildman–Crippen LogP) is 0.314. The van der Waals surface area contributed by atoms with Gasteiger partial charge in [0.25, 0.3) is 0 Å². The molecule has 1 aromatic rings. The van der Waals surface area contributed by atoms with Crippen LogP contribution in [0.2, 0.25) is 0 Å². The second kappa shape index (κ2) is 3.22. The Kier molecular flexibility index (Phi) is 2.29. The highest BCUT2D eigenvalue weighted by Gasteiger charge is 2.08. The van der Waals surface area contributed by atoms with Crippen LogP contribution in [0, 0.1) is 12.3 Å². The Morgan fingerprint density at radius 3 is 2.91 bits per heavy atom. The monoisotopic (exact) mass is 149 g/mol. The minimum absolute atomic E-state index is 0.0880. The molecular formula is C8H11N3. The van der Waals surface area contributed by atoms with E-state index in [2.05, 4.69) is 16.2 Å². The first-order chi connectivity index (χ1) is 5.29. The van der Waals surface area contributed by atoms with Crippen molar-refractivity contribution in [3.8, 4) is 12.3 Å². The molecule has 0 saturated carbocycles. The average molecular weight is 149 g/mol. The Morgan fingerprint density at radius 2 is 2.55 bits per heavy atom. The summed E-state index contributed by atoms with van der Waals surface area (Å²) in [5, 5.41) is 2.98. The molecule has 0 aromatic carbocycles. The van der Waals surface area contributed by atoms with Gasteiger partial charge in [0.05, 0.1) is 0 Å². The lowest BCUT2D eigenvalue weighted by Crippen LogP contribution is -2.17. The molecular weight excluding hydrogens is 138 g/mol. The molecule has 0 amide bonds. The van der Waals surface area contributed by atoms with Gasteiger partial charge in [0.2, 0.25) is 0 Å². The van der Waals surface area contributed by atoms with Gasteiger partial charge in [0, 0.05) is 19.4 Å². The summed E-state index contributed by atoms with van der Waals surface area (Å²) in [7, 11) is 3.74. The summed E-state index contributed by atoms with van der Waals surface area (Å²) in [6, 6.07) is -0.0880. The van der Waals surface area contributed by atoms with Crippen LogP contribution in [-0.4, -0.2) is 16.6 Å². The maximum Gasteiger partial charge on any atom is 0.138 e. The minimum Gasteiger partial charge on any atom is -0.336 e. The molecule has 1 heterocycles. The first kappa shape index (κ1) is 7.83. The van der Waals surface area contributed by atoms with Crippen molar-refractivity contribution in [1.82, 2.24) is 14.9 Å². The van der Waals surface area contributed by atoms with E-state index in [0.29, 0.717) is 0 Å². The number of rotatable bonds is 2. The normalized spacial score (nSPS) is 12.5. The quantitative estimate of drug-likeness (QED) is 0.613. The van der Waals surface area contributed by atoms with E-state index in [1.54, 1.807) is 6.20 Å². The number of imidazole rings is 1. The minimum atomic E-state index is -0.0880. The summed E-state index contributed by atoms with van der Waals surface area (Å²) in [5.74, 6) is 3.47. The molecule has 0 radical (unpaired) electrons. The molecule has 58 valence electrons. The Balaban J connectivity index is 2.92. The lowest BCUT2D eigenvalue weighted by atomic mass is 10.3. The molecule has 0 aliphatic carbocycles. The molecule has 1 rings (SSSR count). The predicted molar refractivity (Wildman–Crippen MR) is 43.8 cm³/mol. The zero-order chi connectivity index (χ0) is 8.27. The third kappa shape index (κ3) is 1.41. The van der Waals surface area contributed by atoms with Gasteiger partial charge in [-0.15, -0.1) is 6.42 Å². The number of nitrogens with zero attached hydrogens (tertiary/aromatic N) is 2. The van der Waals surface area contributed by atoms with E-state index in [-0.39, 0.29) is 6.04 Å². The van der Waals surface area contributed by atoms with E-state index in [4.69, 9.17) is 6.42 Å². The average Bonchev–Trinajstić information content (AvgIpc) is 2.40. The third-order valence-corrected chi connectivity index (χ3v) is 1.57. The molecule has 11 heavy (non-hydrogen) atoms. The van der Waals surface area contributed by atoms with Crippen LogP contribution in [0.3, 0.4) is 0 Å². The number of hydrogen-bond donors (Lipinski definition) is 1. The summed E-state index contributed by atoms with van der Waals surface area (Å²) in [4.78, 5) is 4.12. The first-order valence-corrected chi connectivity index (χ1v) is 3.40. The fourth-order valence-electron chi connectivity index (χ4n) is 0.942. The van der Waals surface area contributed by atoms with Gasteiger partial charge in [-0.25, -0.2) is 4.98 Å². The maximum absolute atomic E-state index is 5.28. The first-order valence-electron chi connectivity index (χ1n) is 3.40. The standard InChI is InChI=1S/C8H11N3/c1-4-7(9-2)8-10-5-6-11(8)3/h1,5-7,9H,2-3H3. The highest BCUT2D eigenvalue weighted by Crippen LogP contribution is 2.06. The molecule has 0 aliphatic rings. The summed E-state index contributed by atoms with van der Waals surface area (Å²) in [6.45, 7) is 0. The van der Waals surface area contributed by atoms with E-state index in [9.17, 15) is 0 Å². The topological polar surface area (TPSA) is 29.9 Å². The summed E-state index contributed by atoms with van der Waals surface area (Å²) < 4.78 is 1.90. The molecule has 0 aliphatic heterocycles. The molecule has 1 unspecified atom stereocenters. The highest BCUT2D eigenvalue weighted by molar-refractivity contribution is 5.11. The summed E-state index contributed by atoms with van der Waals surface area (Å²) >= 11 is 0. The van der Waals surface area contributed by atoms with Crippen LogP contribution in [0.5, 0.6) is 0 Å². The van der Waals surface area contributed by atoms with Crippen LogP contribution in [0.15, 0.2) is 12.4 Å². The second-order valence-corrected chi connectivity index (χ2v) is 2.28. The molecule has 3 nitrogen and oxygen atoms in total. The SMILES string of the molecule is C#CC(NC)c1nccn1C. The van der Waals surface area contributed by atoms with Crippen molar-refractivity contribution in [3.63, 3.8) is 0 Å². The van der Waals surface area contributed by atoms with Gasteiger partial charge in [0.15, 0.2) is 0 Å². The van der Waals surface area contributed by atoms with Crippen molar-refractivity contribution in [2.45, 2.75) is 6.04 Å². The van der Waals surface area contributed by atoms with Gasteiger partial charge in [-0.2, -0.15) is 0 Å². The van der Waals surface area contributed by atoms with Crippen LogP contribution in [0.25, 0.3) is 0 Å². The van der Waals surface area contributed by atoms with Crippen molar-refractivity contribution in [2.24, 2.45) is 7.05 Å². The Hall–Kier alpha value is -1.27. The van der Waals surface area contributed by atoms with E-state index >= 15 is 0 Å². The summed E-state index contributed by atoms with van der Waals surface area (Å²) in [5.41, 5.74) is 0. The number of aromatic nitrogens is 2. The van der Waals surface area contributed by atoms with Crippen LogP contribution in [0.4, 0.5) is 0 Å². The van der Waals surface area contributed by atoms with Crippen molar-refractivity contribution in [3.05, 3.63) is 18.2 Å². The molecule has 1 N–H and O–H groups in total. The highest BCUT2D eigenvalue weighted by atomic mass is 15.1. The molecule has 0 saturated heterocycles. The second-order valence-electron chi connectivity index (χ2n) is 2.28. The van der Waals surface area contributed by atoms with Crippen LogP contribution < -0.4 is 5.32 Å². The summed E-state index contributed by atoms with van der Waals surface area (Å²) in [6.07, 6.45) is 8.88. The number of hydrogen-bond acceptors (Lipinski definition) is 2. The lowest BCUT2D eigenvalue weighted by Gasteiger charge is -2.07. The smallest absolute Gasteiger partial charge is 0.138 e. The van der Waals surface area contributed by atoms with E-state index in [1.165, 1.54) is 0 Å². The van der Waals surface area contributed by atoms with Gasteiger partial charge < -0.3 is 9.88 Å². The van der Waals surface area contributed by atoms with Crippen LogP contribution in [0.1, 0.15) is 11.9 Å². The van der Waals surface area contributed by atoms with Crippen molar-refractivity contribution >= 4 is 0 Å². The van der Waals surface area contributed by atoms with Gasteiger partial charge in [-0.1, -0.05) is 5.92 Å². The van der Waals surface area contributed by atoms with Gasteiger partial charge in [-0.3, -0.25) is 0 Å². The zero-order valence-corrected chi connectivity index (χ0v) is 6.70. The van der Waals surface area contributed by atoms with E-state index in [1.807, 2.05) is 24.9 Å². The van der Waals surface area contributed by atoms with Crippen molar-refractivity contribution < 1.29 is 0 Å². The fraction of sp³-hybridized carbons (Fsp3) is 0.375. The Morgan fingerprint density at radius 1 is 1.82 bits per heavy atom. The van der Waals surface area contributed by atoms with Gasteiger partial charge >= 0.3 is 0 Å². The largest absolute Gasteiger partial charge is 0.336 e. The molecule has 0 fully saturated rings. The fourth-order valence-corrected chi connectivity index (χ4v) is 0.942. The number of terminal acetylenes is 1. The molecule has 1 atom stereocenters. The van der Waals surface area contributed by atoms with Crippen LogP contribution >= 0.6 is 0 Å². The van der Waals surface area contributed by atoms with E-state index in [0.717, 1.165) is 5.82 Å². The van der Waals surface area contributed by atoms with Gasteiger partial charge in [0.1, 0.15) is 11.9 Å². The molecule has 0 bridgehead atoms. The maximum atomic E-state index is 5.28. The molecule has 0 spiro atoms. The van der Waals surface area contributed by atoms with E-state index < -0.39 is 0 Å². The Bertz CT molecular complexity index is 269. The van der Waals surface area contributed by atoms with Gasteiger partial charge in [-0.05, 0) is 7.05 Å². The van der Waals surface area contributed by atoms with Crippen molar-refractivity contribution in [2.75, 3.05) is 7.05 Å². The third-order valence-electron chi connectivity index (χ3n) is 1.57. The molecule has 1 aromatic heterocycles. The molecule has 3 heteroatoms. The lowest BCUT2D eigenvalue weighted by molar-refractivity contribution is 0.650. The van der Waals surface area contributed by atoms with Crippen molar-refractivity contribution in [1.29, 1.82) is 0 Å². The zero-order valence-electron chi connectivity index (χ0n) is 6.70. The number of nitrogens with one attached hydrogen (secondary N) is 1. The van der Waals surface area contributed by atoms with Crippen LogP contribution in [-0.2, 0) is 7.05 Å². The number of aryl methyl sites for hydroxylation is 1. The Labute approximate surface area is 66.4 Å².